The number of carbonyl (C=O) groups excluding carboxylic acids is 2. The van der Waals surface area contributed by atoms with Crippen LogP contribution in [-0.4, -0.2) is 43.0 Å². The van der Waals surface area contributed by atoms with Gasteiger partial charge in [0.15, 0.2) is 6.61 Å². The molecule has 0 radical (unpaired) electrons. The van der Waals surface area contributed by atoms with Crippen molar-refractivity contribution in [2.24, 2.45) is 0 Å². The smallest absolute Gasteiger partial charge is 0.261 e. The van der Waals surface area contributed by atoms with E-state index in [2.05, 4.69) is 5.32 Å². The zero-order valence-corrected chi connectivity index (χ0v) is 17.6. The van der Waals surface area contributed by atoms with Gasteiger partial charge < -0.3 is 19.7 Å². The highest BCUT2D eigenvalue weighted by molar-refractivity contribution is 5.88. The summed E-state index contributed by atoms with van der Waals surface area (Å²) in [6, 6.07) is 14.5. The molecule has 0 unspecified atom stereocenters. The number of hydrogen-bond acceptors (Lipinski definition) is 4. The molecule has 0 aliphatic heterocycles. The largest absolute Gasteiger partial charge is 0.497 e. The van der Waals surface area contributed by atoms with Crippen molar-refractivity contribution in [3.8, 4) is 11.5 Å². The second-order valence-corrected chi connectivity index (χ2v) is 6.75. The number of amides is 2. The van der Waals surface area contributed by atoms with E-state index < -0.39 is 6.04 Å². The number of rotatable bonds is 10. The van der Waals surface area contributed by atoms with Crippen LogP contribution in [0.15, 0.2) is 48.5 Å². The Hall–Kier alpha value is -3.02. The van der Waals surface area contributed by atoms with Gasteiger partial charge in [0.1, 0.15) is 17.5 Å². The summed E-state index contributed by atoms with van der Waals surface area (Å²) in [5.74, 6) is 0.960. The molecule has 156 valence electrons. The maximum atomic E-state index is 13.1. The van der Waals surface area contributed by atoms with Crippen molar-refractivity contribution in [1.29, 1.82) is 0 Å². The number of likely N-dealkylation sites (N-methyl/N-ethyl adjacent to an activating group) is 1. The van der Waals surface area contributed by atoms with Crippen molar-refractivity contribution < 1.29 is 19.1 Å². The second kappa shape index (κ2) is 11.1. The molecule has 2 amide bonds. The fraction of sp³-hybridized carbons (Fsp3) is 0.391. The predicted octanol–water partition coefficient (Wildman–Crippen LogP) is 3.33. The molecular formula is C23H30N2O4. The SMILES string of the molecule is CCNC(=O)[C@@H](CC)N(Cc1cccc(OC)c1)C(=O)COc1ccccc1C. The van der Waals surface area contributed by atoms with E-state index in [4.69, 9.17) is 9.47 Å². The normalized spacial score (nSPS) is 11.4. The van der Waals surface area contributed by atoms with Crippen molar-refractivity contribution in [3.05, 3.63) is 59.7 Å². The van der Waals surface area contributed by atoms with Crippen molar-refractivity contribution in [3.63, 3.8) is 0 Å². The summed E-state index contributed by atoms with van der Waals surface area (Å²) in [6.45, 7) is 6.36. The molecule has 2 aromatic rings. The van der Waals surface area contributed by atoms with Gasteiger partial charge in [0.2, 0.25) is 5.91 Å². The zero-order chi connectivity index (χ0) is 21.2. The Bertz CT molecular complexity index is 822. The molecule has 0 aromatic heterocycles. The van der Waals surface area contributed by atoms with Gasteiger partial charge in [-0.15, -0.1) is 0 Å². The monoisotopic (exact) mass is 398 g/mol. The molecule has 0 heterocycles. The first-order valence-corrected chi connectivity index (χ1v) is 9.88. The van der Waals surface area contributed by atoms with Crippen molar-refractivity contribution in [2.75, 3.05) is 20.3 Å². The van der Waals surface area contributed by atoms with E-state index in [0.717, 1.165) is 11.1 Å². The van der Waals surface area contributed by atoms with E-state index in [1.807, 2.05) is 69.3 Å². The molecule has 0 aliphatic carbocycles. The minimum Gasteiger partial charge on any atom is -0.497 e. The number of nitrogens with one attached hydrogen (secondary N) is 1. The first-order valence-electron chi connectivity index (χ1n) is 9.88. The van der Waals surface area contributed by atoms with Crippen LogP contribution >= 0.6 is 0 Å². The van der Waals surface area contributed by atoms with Crippen molar-refractivity contribution >= 4 is 11.8 Å². The molecule has 1 N–H and O–H groups in total. The lowest BCUT2D eigenvalue weighted by Crippen LogP contribution is -2.50. The van der Waals surface area contributed by atoms with Crippen LogP contribution in [-0.2, 0) is 16.1 Å². The molecule has 6 nitrogen and oxygen atoms in total. The molecule has 0 saturated carbocycles. The van der Waals surface area contributed by atoms with E-state index in [9.17, 15) is 9.59 Å². The highest BCUT2D eigenvalue weighted by Gasteiger charge is 2.28. The first-order chi connectivity index (χ1) is 14.0. The number of methoxy groups -OCH3 is 1. The third kappa shape index (κ3) is 6.24. The number of hydrogen-bond donors (Lipinski definition) is 1. The van der Waals surface area contributed by atoms with E-state index in [-0.39, 0.29) is 18.4 Å². The molecule has 0 saturated heterocycles. The third-order valence-electron chi connectivity index (χ3n) is 4.67. The summed E-state index contributed by atoms with van der Waals surface area (Å²) in [6.07, 6.45) is 0.506. The van der Waals surface area contributed by atoms with Crippen LogP contribution in [0, 0.1) is 6.92 Å². The minimum atomic E-state index is -0.575. The van der Waals surface area contributed by atoms with Crippen LogP contribution in [0.4, 0.5) is 0 Å². The fourth-order valence-corrected chi connectivity index (χ4v) is 3.12. The second-order valence-electron chi connectivity index (χ2n) is 6.75. The molecule has 2 aromatic carbocycles. The van der Waals surface area contributed by atoms with E-state index in [1.54, 1.807) is 12.0 Å². The summed E-state index contributed by atoms with van der Waals surface area (Å²) >= 11 is 0. The Morgan fingerprint density at radius 3 is 2.52 bits per heavy atom. The lowest BCUT2D eigenvalue weighted by Gasteiger charge is -2.30. The molecule has 2 rings (SSSR count). The first kappa shape index (κ1) is 22.3. The Morgan fingerprint density at radius 2 is 1.86 bits per heavy atom. The van der Waals surface area contributed by atoms with Gasteiger partial charge in [0.05, 0.1) is 7.11 Å². The topological polar surface area (TPSA) is 67.9 Å². The summed E-state index contributed by atoms with van der Waals surface area (Å²) in [4.78, 5) is 27.3. The van der Waals surface area contributed by atoms with Crippen LogP contribution < -0.4 is 14.8 Å². The zero-order valence-electron chi connectivity index (χ0n) is 17.6. The summed E-state index contributed by atoms with van der Waals surface area (Å²) in [5.41, 5.74) is 1.84. The predicted molar refractivity (Wildman–Crippen MR) is 113 cm³/mol. The Labute approximate surface area is 172 Å². The summed E-state index contributed by atoms with van der Waals surface area (Å²) in [7, 11) is 1.60. The van der Waals surface area contributed by atoms with E-state index >= 15 is 0 Å². The third-order valence-corrected chi connectivity index (χ3v) is 4.67. The maximum absolute atomic E-state index is 13.1. The van der Waals surface area contributed by atoms with Gasteiger partial charge in [-0.05, 0) is 49.6 Å². The van der Waals surface area contributed by atoms with Gasteiger partial charge in [-0.3, -0.25) is 9.59 Å². The Morgan fingerprint density at radius 1 is 1.10 bits per heavy atom. The standard InChI is InChI=1S/C23H30N2O4/c1-5-20(23(27)24-6-2)25(15-18-11-9-12-19(14-18)28-4)22(26)16-29-21-13-8-7-10-17(21)3/h7-14,20H,5-6,15-16H2,1-4H3,(H,24,27)/t20-/m1/s1. The minimum absolute atomic E-state index is 0.134. The Kier molecular flexibility index (Phi) is 8.52. The van der Waals surface area contributed by atoms with Crippen LogP contribution in [0.1, 0.15) is 31.4 Å². The highest BCUT2D eigenvalue weighted by atomic mass is 16.5. The van der Waals surface area contributed by atoms with Gasteiger partial charge >= 0.3 is 0 Å². The molecule has 1 atom stereocenters. The molecule has 0 bridgehead atoms. The number of benzene rings is 2. The fourth-order valence-electron chi connectivity index (χ4n) is 3.12. The molecule has 0 fully saturated rings. The Balaban J connectivity index is 2.23. The van der Waals surface area contributed by atoms with E-state index in [1.165, 1.54) is 0 Å². The molecule has 0 spiro atoms. The molecule has 6 heteroatoms. The van der Waals surface area contributed by atoms with Crippen LogP contribution in [0.5, 0.6) is 11.5 Å². The lowest BCUT2D eigenvalue weighted by molar-refractivity contribution is -0.142. The average molecular weight is 399 g/mol. The summed E-state index contributed by atoms with van der Waals surface area (Å²) in [5, 5.41) is 2.82. The average Bonchev–Trinajstić information content (AvgIpc) is 2.73. The van der Waals surface area contributed by atoms with Crippen molar-refractivity contribution in [1.82, 2.24) is 10.2 Å². The van der Waals surface area contributed by atoms with Gasteiger partial charge in [-0.25, -0.2) is 0 Å². The van der Waals surface area contributed by atoms with E-state index in [0.29, 0.717) is 31.0 Å². The van der Waals surface area contributed by atoms with Gasteiger partial charge in [0.25, 0.3) is 5.91 Å². The number of ether oxygens (including phenoxy) is 2. The van der Waals surface area contributed by atoms with Crippen LogP contribution in [0.2, 0.25) is 0 Å². The van der Waals surface area contributed by atoms with Gasteiger partial charge in [-0.2, -0.15) is 0 Å². The quantitative estimate of drug-likeness (QED) is 0.667. The maximum Gasteiger partial charge on any atom is 0.261 e. The highest BCUT2D eigenvalue weighted by Crippen LogP contribution is 2.19. The molecule has 29 heavy (non-hydrogen) atoms. The van der Waals surface area contributed by atoms with Crippen LogP contribution in [0.3, 0.4) is 0 Å². The summed E-state index contributed by atoms with van der Waals surface area (Å²) < 4.78 is 11.0. The number of aryl methyl sites for hydroxylation is 1. The number of carbonyl (C=O) groups is 2. The van der Waals surface area contributed by atoms with Crippen molar-refractivity contribution in [2.45, 2.75) is 39.8 Å². The van der Waals surface area contributed by atoms with Crippen LogP contribution in [0.25, 0.3) is 0 Å². The lowest BCUT2D eigenvalue weighted by atomic mass is 10.1. The molecule has 0 aliphatic rings. The number of para-hydroxylation sites is 1. The van der Waals surface area contributed by atoms with Gasteiger partial charge in [0, 0.05) is 13.1 Å². The molecular weight excluding hydrogens is 368 g/mol. The van der Waals surface area contributed by atoms with Gasteiger partial charge in [-0.1, -0.05) is 37.3 Å². The number of nitrogens with zero attached hydrogens (tertiary/aromatic N) is 1.